The summed E-state index contributed by atoms with van der Waals surface area (Å²) in [4.78, 5) is 39.3. The number of amides is 2. The summed E-state index contributed by atoms with van der Waals surface area (Å²) in [6, 6.07) is 19.8. The summed E-state index contributed by atoms with van der Waals surface area (Å²) in [5, 5.41) is 17.3. The van der Waals surface area contributed by atoms with Crippen molar-refractivity contribution in [2.24, 2.45) is 0 Å². The number of rotatable bonds is 8. The Labute approximate surface area is 205 Å². The number of aromatic amines is 1. The van der Waals surface area contributed by atoms with Crippen molar-refractivity contribution in [3.8, 4) is 0 Å². The monoisotopic (exact) mass is 488 g/mol. The second-order valence-electron chi connectivity index (χ2n) is 7.78. The summed E-state index contributed by atoms with van der Waals surface area (Å²) in [5.41, 5.74) is 2.67. The standard InChI is InChI=1S/C26H21ClN4O4/c27-21-15-19(31(34)35)11-12-23(21)30-26(33)24(14-17-6-2-1-3-7-17)29-25(32)13-10-18-16-28-22-9-5-4-8-20(18)22/h1-13,15-16,24,28H,14H2,(H,29,32)(H,30,33)/b13-10+/t24-/m0/s1. The van der Waals surface area contributed by atoms with E-state index in [-0.39, 0.29) is 22.8 Å². The normalized spacial score (nSPS) is 11.9. The van der Waals surface area contributed by atoms with Crippen LogP contribution in [-0.2, 0) is 16.0 Å². The molecule has 1 heterocycles. The number of nitrogens with one attached hydrogen (secondary N) is 3. The van der Waals surface area contributed by atoms with Gasteiger partial charge in [0.25, 0.3) is 5.69 Å². The van der Waals surface area contributed by atoms with Crippen molar-refractivity contribution in [2.45, 2.75) is 12.5 Å². The number of nitro benzene ring substituents is 1. The van der Waals surface area contributed by atoms with Gasteiger partial charge in [-0.25, -0.2) is 0 Å². The molecule has 176 valence electrons. The number of hydrogen-bond acceptors (Lipinski definition) is 4. The van der Waals surface area contributed by atoms with Gasteiger partial charge in [0.1, 0.15) is 6.04 Å². The third-order valence-corrected chi connectivity index (χ3v) is 5.69. The lowest BCUT2D eigenvalue weighted by molar-refractivity contribution is -0.384. The molecule has 0 saturated carbocycles. The molecule has 3 N–H and O–H groups in total. The maximum Gasteiger partial charge on any atom is 0.271 e. The van der Waals surface area contributed by atoms with Crippen molar-refractivity contribution in [1.82, 2.24) is 10.3 Å². The molecule has 35 heavy (non-hydrogen) atoms. The van der Waals surface area contributed by atoms with E-state index < -0.39 is 22.8 Å². The predicted octanol–water partition coefficient (Wildman–Crippen LogP) is 5.11. The number of nitro groups is 1. The first-order chi connectivity index (χ1) is 16.9. The molecule has 1 atom stereocenters. The van der Waals surface area contributed by atoms with Crippen LogP contribution in [0.25, 0.3) is 17.0 Å². The van der Waals surface area contributed by atoms with Gasteiger partial charge in [-0.05, 0) is 29.3 Å². The topological polar surface area (TPSA) is 117 Å². The second kappa shape index (κ2) is 10.7. The third kappa shape index (κ3) is 5.93. The zero-order chi connectivity index (χ0) is 24.8. The Morgan fingerprint density at radius 3 is 2.54 bits per heavy atom. The van der Waals surface area contributed by atoms with Crippen LogP contribution in [0.2, 0.25) is 5.02 Å². The Balaban J connectivity index is 1.51. The SMILES string of the molecule is O=C(/C=C/c1c[nH]c2ccccc12)N[C@@H](Cc1ccccc1)C(=O)Nc1ccc([N+](=O)[O-])cc1Cl. The molecule has 4 aromatic rings. The third-order valence-electron chi connectivity index (χ3n) is 5.37. The van der Waals surface area contributed by atoms with E-state index in [4.69, 9.17) is 11.6 Å². The highest BCUT2D eigenvalue weighted by Crippen LogP contribution is 2.27. The molecule has 0 bridgehead atoms. The molecule has 1 aromatic heterocycles. The Hall–Kier alpha value is -4.43. The van der Waals surface area contributed by atoms with Crippen LogP contribution >= 0.6 is 11.6 Å². The lowest BCUT2D eigenvalue weighted by Crippen LogP contribution is -2.44. The Kier molecular flexibility index (Phi) is 7.23. The number of carbonyl (C=O) groups excluding carboxylic acids is 2. The number of nitrogens with zero attached hydrogens (tertiary/aromatic N) is 1. The van der Waals surface area contributed by atoms with Gasteiger partial charge in [-0.3, -0.25) is 19.7 Å². The van der Waals surface area contributed by atoms with E-state index in [9.17, 15) is 19.7 Å². The van der Waals surface area contributed by atoms with Crippen molar-refractivity contribution < 1.29 is 14.5 Å². The number of benzene rings is 3. The number of H-pyrrole nitrogens is 1. The van der Waals surface area contributed by atoms with Crippen LogP contribution in [0.3, 0.4) is 0 Å². The van der Waals surface area contributed by atoms with E-state index >= 15 is 0 Å². The van der Waals surface area contributed by atoms with Crippen LogP contribution in [0.5, 0.6) is 0 Å². The molecule has 0 fully saturated rings. The van der Waals surface area contributed by atoms with Crippen molar-refractivity contribution >= 4 is 51.8 Å². The molecule has 3 aromatic carbocycles. The van der Waals surface area contributed by atoms with E-state index in [1.807, 2.05) is 54.6 Å². The molecule has 0 aliphatic rings. The Morgan fingerprint density at radius 1 is 1.06 bits per heavy atom. The summed E-state index contributed by atoms with van der Waals surface area (Å²) >= 11 is 6.12. The van der Waals surface area contributed by atoms with Crippen LogP contribution in [-0.4, -0.2) is 27.8 Å². The molecule has 0 aliphatic carbocycles. The summed E-state index contributed by atoms with van der Waals surface area (Å²) in [6.07, 6.45) is 5.10. The molecule has 0 aliphatic heterocycles. The van der Waals surface area contributed by atoms with Crippen LogP contribution in [0.15, 0.2) is 85.1 Å². The molecule has 4 rings (SSSR count). The molecule has 2 amide bonds. The van der Waals surface area contributed by atoms with Crippen LogP contribution in [0, 0.1) is 10.1 Å². The van der Waals surface area contributed by atoms with Gasteiger partial charge in [0.05, 0.1) is 15.6 Å². The molecule has 0 radical (unpaired) electrons. The Morgan fingerprint density at radius 2 is 1.80 bits per heavy atom. The number of carbonyl (C=O) groups is 2. The molecular formula is C26H21ClN4O4. The summed E-state index contributed by atoms with van der Waals surface area (Å²) < 4.78 is 0. The van der Waals surface area contributed by atoms with Gasteiger partial charge in [-0.2, -0.15) is 0 Å². The number of halogens is 1. The molecule has 9 heteroatoms. The number of anilines is 1. The van der Waals surface area contributed by atoms with E-state index in [0.29, 0.717) is 0 Å². The van der Waals surface area contributed by atoms with Gasteiger partial charge >= 0.3 is 0 Å². The fourth-order valence-electron chi connectivity index (χ4n) is 3.62. The van der Waals surface area contributed by atoms with Gasteiger partial charge in [0.2, 0.25) is 11.8 Å². The van der Waals surface area contributed by atoms with Crippen molar-refractivity contribution in [3.63, 3.8) is 0 Å². The molecule has 0 saturated heterocycles. The highest BCUT2D eigenvalue weighted by molar-refractivity contribution is 6.34. The second-order valence-corrected chi connectivity index (χ2v) is 8.19. The van der Waals surface area contributed by atoms with E-state index in [2.05, 4.69) is 15.6 Å². The van der Waals surface area contributed by atoms with Crippen LogP contribution < -0.4 is 10.6 Å². The fourth-order valence-corrected chi connectivity index (χ4v) is 3.84. The lowest BCUT2D eigenvalue weighted by Gasteiger charge is -2.18. The molecule has 0 spiro atoms. The minimum absolute atomic E-state index is 0.0246. The zero-order valence-electron chi connectivity index (χ0n) is 18.4. The van der Waals surface area contributed by atoms with Gasteiger partial charge < -0.3 is 15.6 Å². The minimum Gasteiger partial charge on any atom is -0.361 e. The first-order valence-electron chi connectivity index (χ1n) is 10.7. The average Bonchev–Trinajstić information content (AvgIpc) is 3.27. The quantitative estimate of drug-likeness (QED) is 0.181. The van der Waals surface area contributed by atoms with Gasteiger partial charge in [-0.1, -0.05) is 60.1 Å². The van der Waals surface area contributed by atoms with E-state index in [1.165, 1.54) is 18.2 Å². The van der Waals surface area contributed by atoms with Crippen LogP contribution in [0.1, 0.15) is 11.1 Å². The van der Waals surface area contributed by atoms with Gasteiger partial charge in [-0.15, -0.1) is 0 Å². The minimum atomic E-state index is -0.913. The zero-order valence-corrected chi connectivity index (χ0v) is 19.2. The van der Waals surface area contributed by atoms with Crippen LogP contribution in [0.4, 0.5) is 11.4 Å². The first-order valence-corrected chi connectivity index (χ1v) is 11.1. The number of non-ortho nitro benzene ring substituents is 1. The summed E-state index contributed by atoms with van der Waals surface area (Å²) in [6.45, 7) is 0. The average molecular weight is 489 g/mol. The highest BCUT2D eigenvalue weighted by Gasteiger charge is 2.22. The smallest absolute Gasteiger partial charge is 0.271 e. The van der Waals surface area contributed by atoms with Crippen molar-refractivity contribution in [3.05, 3.63) is 111 Å². The largest absolute Gasteiger partial charge is 0.361 e. The van der Waals surface area contributed by atoms with E-state index in [1.54, 1.807) is 12.3 Å². The summed E-state index contributed by atoms with van der Waals surface area (Å²) in [7, 11) is 0. The summed E-state index contributed by atoms with van der Waals surface area (Å²) in [5.74, 6) is -0.945. The van der Waals surface area contributed by atoms with E-state index in [0.717, 1.165) is 28.1 Å². The van der Waals surface area contributed by atoms with Gasteiger partial charge in [0.15, 0.2) is 0 Å². The number of fused-ring (bicyclic) bond motifs is 1. The lowest BCUT2D eigenvalue weighted by atomic mass is 10.0. The van der Waals surface area contributed by atoms with Gasteiger partial charge in [0, 0.05) is 41.7 Å². The fraction of sp³-hybridized carbons (Fsp3) is 0.0769. The highest BCUT2D eigenvalue weighted by atomic mass is 35.5. The molecule has 8 nitrogen and oxygen atoms in total. The molecule has 0 unspecified atom stereocenters. The van der Waals surface area contributed by atoms with Crippen molar-refractivity contribution in [2.75, 3.05) is 5.32 Å². The first kappa shape index (κ1) is 23.7. The predicted molar refractivity (Wildman–Crippen MR) is 136 cm³/mol. The maximum absolute atomic E-state index is 13.1. The number of hydrogen-bond donors (Lipinski definition) is 3. The van der Waals surface area contributed by atoms with Crippen molar-refractivity contribution in [1.29, 1.82) is 0 Å². The maximum atomic E-state index is 13.1. The number of para-hydroxylation sites is 1. The Bertz CT molecular complexity index is 1420. The molecular weight excluding hydrogens is 468 g/mol. The number of aromatic nitrogens is 1.